The number of benzene rings is 1. The third-order valence-electron chi connectivity index (χ3n) is 2.85. The standard InChI is InChI=1S/C12H14N6O/c1-19-9-2-3-10-11(4-9)15-12(14-10)7-18-6-8(5-13)16-17-18/h2-4,6H,5,7,13H2,1H3,(H,14,15). The number of fused-ring (bicyclic) bond motifs is 1. The van der Waals surface area contributed by atoms with Crippen LogP contribution in [-0.4, -0.2) is 32.1 Å². The molecule has 3 N–H and O–H groups in total. The maximum Gasteiger partial charge on any atom is 0.129 e. The Kier molecular flexibility index (Phi) is 2.88. The summed E-state index contributed by atoms with van der Waals surface area (Å²) in [5, 5.41) is 7.93. The van der Waals surface area contributed by atoms with Crippen molar-refractivity contribution in [3.8, 4) is 5.75 Å². The Bertz CT molecular complexity index is 701. The van der Waals surface area contributed by atoms with Gasteiger partial charge in [-0.1, -0.05) is 5.21 Å². The van der Waals surface area contributed by atoms with E-state index in [2.05, 4.69) is 20.3 Å². The molecule has 7 nitrogen and oxygen atoms in total. The van der Waals surface area contributed by atoms with Crippen LogP contribution in [-0.2, 0) is 13.1 Å². The minimum Gasteiger partial charge on any atom is -0.497 e. The highest BCUT2D eigenvalue weighted by atomic mass is 16.5. The van der Waals surface area contributed by atoms with Crippen LogP contribution in [0.4, 0.5) is 0 Å². The summed E-state index contributed by atoms with van der Waals surface area (Å²) in [5.41, 5.74) is 8.10. The first-order valence-corrected chi connectivity index (χ1v) is 5.90. The number of nitrogens with one attached hydrogen (secondary N) is 1. The van der Waals surface area contributed by atoms with Crippen LogP contribution in [0.5, 0.6) is 5.75 Å². The van der Waals surface area contributed by atoms with Gasteiger partial charge in [-0.15, -0.1) is 5.10 Å². The second-order valence-electron chi connectivity index (χ2n) is 4.18. The van der Waals surface area contributed by atoms with E-state index in [1.165, 1.54) is 0 Å². The van der Waals surface area contributed by atoms with Crippen molar-refractivity contribution < 1.29 is 4.74 Å². The van der Waals surface area contributed by atoms with Crippen LogP contribution in [0, 0.1) is 0 Å². The molecule has 0 aliphatic rings. The summed E-state index contributed by atoms with van der Waals surface area (Å²) >= 11 is 0. The van der Waals surface area contributed by atoms with Gasteiger partial charge in [-0.05, 0) is 12.1 Å². The summed E-state index contributed by atoms with van der Waals surface area (Å²) < 4.78 is 6.88. The average Bonchev–Trinajstić information content (AvgIpc) is 3.03. The molecule has 0 fully saturated rings. The number of nitrogens with two attached hydrogens (primary N) is 1. The van der Waals surface area contributed by atoms with E-state index in [0.29, 0.717) is 13.1 Å². The van der Waals surface area contributed by atoms with Crippen molar-refractivity contribution in [1.29, 1.82) is 0 Å². The van der Waals surface area contributed by atoms with Gasteiger partial charge in [0.15, 0.2) is 0 Å². The number of hydrogen-bond donors (Lipinski definition) is 2. The van der Waals surface area contributed by atoms with Crippen LogP contribution in [0.15, 0.2) is 24.4 Å². The maximum atomic E-state index is 5.50. The number of rotatable bonds is 4. The maximum absolute atomic E-state index is 5.50. The fourth-order valence-corrected chi connectivity index (χ4v) is 1.91. The molecule has 98 valence electrons. The third-order valence-corrected chi connectivity index (χ3v) is 2.85. The molecule has 3 aromatic rings. The van der Waals surface area contributed by atoms with E-state index in [0.717, 1.165) is 28.3 Å². The van der Waals surface area contributed by atoms with Crippen molar-refractivity contribution in [1.82, 2.24) is 25.0 Å². The fourth-order valence-electron chi connectivity index (χ4n) is 1.91. The summed E-state index contributed by atoms with van der Waals surface area (Å²) in [6.45, 7) is 0.918. The molecule has 1 aromatic carbocycles. The monoisotopic (exact) mass is 258 g/mol. The van der Waals surface area contributed by atoms with Crippen LogP contribution in [0.1, 0.15) is 11.5 Å². The second-order valence-corrected chi connectivity index (χ2v) is 4.18. The molecule has 3 rings (SSSR count). The van der Waals surface area contributed by atoms with Gasteiger partial charge in [0.1, 0.15) is 18.1 Å². The quantitative estimate of drug-likeness (QED) is 0.717. The van der Waals surface area contributed by atoms with Gasteiger partial charge in [0.05, 0.1) is 30.0 Å². The van der Waals surface area contributed by atoms with Gasteiger partial charge in [0.25, 0.3) is 0 Å². The van der Waals surface area contributed by atoms with Crippen LogP contribution in [0.25, 0.3) is 11.0 Å². The molecular formula is C12H14N6O. The number of aromatic amines is 1. The van der Waals surface area contributed by atoms with E-state index in [-0.39, 0.29) is 0 Å². The topological polar surface area (TPSA) is 94.6 Å². The molecule has 2 heterocycles. The molecule has 0 aliphatic carbocycles. The normalized spacial score (nSPS) is 11.1. The van der Waals surface area contributed by atoms with Gasteiger partial charge in [-0.2, -0.15) is 0 Å². The van der Waals surface area contributed by atoms with Gasteiger partial charge < -0.3 is 15.5 Å². The number of methoxy groups -OCH3 is 1. The highest BCUT2D eigenvalue weighted by Gasteiger charge is 2.06. The lowest BCUT2D eigenvalue weighted by atomic mass is 10.3. The highest BCUT2D eigenvalue weighted by molar-refractivity contribution is 5.76. The summed E-state index contributed by atoms with van der Waals surface area (Å²) in [6, 6.07) is 5.72. The molecule has 0 bridgehead atoms. The summed E-state index contributed by atoms with van der Waals surface area (Å²) in [6.07, 6.45) is 1.81. The van der Waals surface area contributed by atoms with Gasteiger partial charge >= 0.3 is 0 Å². The van der Waals surface area contributed by atoms with E-state index in [4.69, 9.17) is 10.5 Å². The Morgan fingerprint density at radius 3 is 3.05 bits per heavy atom. The number of imidazole rings is 1. The zero-order valence-electron chi connectivity index (χ0n) is 10.5. The molecule has 0 atom stereocenters. The van der Waals surface area contributed by atoms with Crippen molar-refractivity contribution >= 4 is 11.0 Å². The lowest BCUT2D eigenvalue weighted by Gasteiger charge is -1.96. The summed E-state index contributed by atoms with van der Waals surface area (Å²) in [7, 11) is 1.64. The predicted octanol–water partition coefficient (Wildman–Crippen LogP) is 0.670. The van der Waals surface area contributed by atoms with Crippen molar-refractivity contribution in [2.45, 2.75) is 13.1 Å². The Morgan fingerprint density at radius 2 is 2.32 bits per heavy atom. The third kappa shape index (κ3) is 2.27. The average molecular weight is 258 g/mol. The van der Waals surface area contributed by atoms with Crippen molar-refractivity contribution in [2.75, 3.05) is 7.11 Å². The van der Waals surface area contributed by atoms with E-state index in [1.54, 1.807) is 11.8 Å². The summed E-state index contributed by atoms with van der Waals surface area (Å²) in [4.78, 5) is 7.72. The van der Waals surface area contributed by atoms with Crippen LogP contribution in [0.2, 0.25) is 0 Å². The first-order chi connectivity index (χ1) is 9.28. The number of hydrogen-bond acceptors (Lipinski definition) is 5. The number of nitrogens with zero attached hydrogens (tertiary/aromatic N) is 4. The van der Waals surface area contributed by atoms with Crippen LogP contribution in [0.3, 0.4) is 0 Å². The van der Waals surface area contributed by atoms with E-state index >= 15 is 0 Å². The molecule has 0 spiro atoms. The zero-order valence-corrected chi connectivity index (χ0v) is 10.5. The van der Waals surface area contributed by atoms with E-state index < -0.39 is 0 Å². The first kappa shape index (κ1) is 11.7. The zero-order chi connectivity index (χ0) is 13.2. The van der Waals surface area contributed by atoms with Gasteiger partial charge in [-0.3, -0.25) is 0 Å². The Balaban J connectivity index is 1.88. The Hall–Kier alpha value is -2.41. The Labute approximate surface area is 109 Å². The van der Waals surface area contributed by atoms with Gasteiger partial charge in [0, 0.05) is 12.6 Å². The minimum atomic E-state index is 0.386. The molecule has 0 unspecified atom stereocenters. The van der Waals surface area contributed by atoms with E-state index in [9.17, 15) is 0 Å². The molecule has 0 saturated heterocycles. The lowest BCUT2D eigenvalue weighted by molar-refractivity contribution is 0.415. The Morgan fingerprint density at radius 1 is 1.42 bits per heavy atom. The molecule has 0 radical (unpaired) electrons. The number of ether oxygens (including phenoxy) is 1. The van der Waals surface area contributed by atoms with Crippen molar-refractivity contribution in [3.63, 3.8) is 0 Å². The highest BCUT2D eigenvalue weighted by Crippen LogP contribution is 2.18. The molecule has 7 heteroatoms. The largest absolute Gasteiger partial charge is 0.497 e. The molecule has 0 saturated carbocycles. The molecular weight excluding hydrogens is 244 g/mol. The fraction of sp³-hybridized carbons (Fsp3) is 0.250. The lowest BCUT2D eigenvalue weighted by Crippen LogP contribution is -2.02. The predicted molar refractivity (Wildman–Crippen MR) is 69.7 cm³/mol. The van der Waals surface area contributed by atoms with Crippen molar-refractivity contribution in [3.05, 3.63) is 35.9 Å². The summed E-state index contributed by atoms with van der Waals surface area (Å²) in [5.74, 6) is 1.62. The number of H-pyrrole nitrogens is 1. The van der Waals surface area contributed by atoms with Crippen LogP contribution < -0.4 is 10.5 Å². The molecule has 0 aliphatic heterocycles. The second kappa shape index (κ2) is 4.69. The van der Waals surface area contributed by atoms with Crippen LogP contribution >= 0.6 is 0 Å². The van der Waals surface area contributed by atoms with Gasteiger partial charge in [0.2, 0.25) is 0 Å². The smallest absolute Gasteiger partial charge is 0.129 e. The molecule has 19 heavy (non-hydrogen) atoms. The molecule has 0 amide bonds. The minimum absolute atomic E-state index is 0.386. The van der Waals surface area contributed by atoms with Gasteiger partial charge in [-0.25, -0.2) is 9.67 Å². The SMILES string of the molecule is COc1ccc2nc(Cn3cc(CN)nn3)[nH]c2c1. The van der Waals surface area contributed by atoms with E-state index in [1.807, 2.05) is 24.4 Å². The number of aromatic nitrogens is 5. The first-order valence-electron chi connectivity index (χ1n) is 5.90. The molecule has 2 aromatic heterocycles. The van der Waals surface area contributed by atoms with Crippen molar-refractivity contribution in [2.24, 2.45) is 5.73 Å².